The molecule has 0 aromatic carbocycles. The average Bonchev–Trinajstić information content (AvgIpc) is 3.25. The van der Waals surface area contributed by atoms with Crippen molar-refractivity contribution in [3.8, 4) is 0 Å². The Hall–Kier alpha value is -2.69. The Morgan fingerprint density at radius 3 is 2.62 bits per heavy atom. The molecule has 2 aromatic rings. The molecule has 3 heterocycles. The quantitative estimate of drug-likeness (QED) is 0.409. The van der Waals surface area contributed by atoms with E-state index in [0.29, 0.717) is 17.3 Å². The molecule has 3 atom stereocenters. The minimum atomic E-state index is -4.60. The summed E-state index contributed by atoms with van der Waals surface area (Å²) in [6.07, 6.45) is 3.45. The molecule has 1 amide bonds. The predicted octanol–water partition coefficient (Wildman–Crippen LogP) is 2.81. The van der Waals surface area contributed by atoms with Gasteiger partial charge in [-0.3, -0.25) is 9.59 Å². The third-order valence-corrected chi connectivity index (χ3v) is 6.29. The summed E-state index contributed by atoms with van der Waals surface area (Å²) >= 11 is 0. The maximum atomic E-state index is 12.8. The molecule has 1 saturated heterocycles. The molecule has 8 nitrogen and oxygen atoms in total. The van der Waals surface area contributed by atoms with Crippen LogP contribution in [-0.2, 0) is 20.9 Å². The summed E-state index contributed by atoms with van der Waals surface area (Å²) in [5.74, 6) is -3.09. The van der Waals surface area contributed by atoms with Crippen molar-refractivity contribution in [2.45, 2.75) is 69.8 Å². The van der Waals surface area contributed by atoms with Crippen LogP contribution < -0.4 is 11.1 Å². The number of nitrogens with zero attached hydrogens (tertiary/aromatic N) is 3. The molecule has 4 rings (SSSR count). The number of hydrogen-bond donors (Lipinski definition) is 2. The van der Waals surface area contributed by atoms with Gasteiger partial charge in [0.1, 0.15) is 18.6 Å². The van der Waals surface area contributed by atoms with Gasteiger partial charge < -0.3 is 15.8 Å². The molecule has 11 heteroatoms. The highest BCUT2D eigenvalue weighted by Crippen LogP contribution is 2.32. The fraction of sp³-hybridized carbons (Fsp3) is 0.619. The normalized spacial score (nSPS) is 23.7. The number of ether oxygens (including phenoxy) is 1. The second-order valence-electron chi connectivity index (χ2n) is 8.57. The Kier molecular flexibility index (Phi) is 6.36. The van der Waals surface area contributed by atoms with Gasteiger partial charge in [-0.25, -0.2) is 9.50 Å². The summed E-state index contributed by atoms with van der Waals surface area (Å²) in [7, 11) is 0. The van der Waals surface area contributed by atoms with Gasteiger partial charge in [-0.2, -0.15) is 18.3 Å². The van der Waals surface area contributed by atoms with Crippen molar-refractivity contribution in [1.82, 2.24) is 19.9 Å². The predicted molar refractivity (Wildman–Crippen MR) is 107 cm³/mol. The van der Waals surface area contributed by atoms with Gasteiger partial charge in [0.05, 0.1) is 23.6 Å². The second-order valence-corrected chi connectivity index (χ2v) is 8.57. The van der Waals surface area contributed by atoms with E-state index in [1.165, 1.54) is 25.7 Å². The van der Waals surface area contributed by atoms with Gasteiger partial charge in [0.25, 0.3) is 0 Å². The lowest BCUT2D eigenvalue weighted by Gasteiger charge is -2.20. The number of imidazole rings is 1. The lowest BCUT2D eigenvalue weighted by Crippen LogP contribution is -2.38. The Morgan fingerprint density at radius 2 is 1.97 bits per heavy atom. The van der Waals surface area contributed by atoms with Crippen LogP contribution in [0.1, 0.15) is 62.4 Å². The average molecular weight is 453 g/mol. The van der Waals surface area contributed by atoms with Crippen molar-refractivity contribution in [2.75, 3.05) is 0 Å². The van der Waals surface area contributed by atoms with E-state index in [1.54, 1.807) is 28.2 Å². The molecule has 2 aromatic heterocycles. The third-order valence-electron chi connectivity index (χ3n) is 6.29. The van der Waals surface area contributed by atoms with Gasteiger partial charge in [-0.05, 0) is 37.3 Å². The Balaban J connectivity index is 1.39. The number of carbonyl (C=O) groups is 2. The zero-order valence-corrected chi connectivity index (χ0v) is 17.5. The number of halogens is 3. The number of esters is 1. The van der Waals surface area contributed by atoms with Crippen LogP contribution in [0.15, 0.2) is 18.3 Å². The molecule has 174 valence electrons. The molecular formula is C21H26F3N5O3. The fourth-order valence-corrected chi connectivity index (χ4v) is 4.43. The molecular weight excluding hydrogens is 427 g/mol. The molecule has 3 N–H and O–H groups in total. The van der Waals surface area contributed by atoms with Gasteiger partial charge in [0, 0.05) is 0 Å². The SMILES string of the molecule is N[C@H](c1cn2nc(COC(=O)C3C[C@@H](C(F)(F)F)NC3=O)ccc2n1)C1CCCCCC1. The number of hydrogen-bond acceptors (Lipinski definition) is 6. The van der Waals surface area contributed by atoms with Crippen LogP contribution in [0.4, 0.5) is 13.2 Å². The third kappa shape index (κ3) is 4.87. The Labute approximate surface area is 182 Å². The summed E-state index contributed by atoms with van der Waals surface area (Å²) < 4.78 is 44.9. The van der Waals surface area contributed by atoms with Gasteiger partial charge in [-0.15, -0.1) is 0 Å². The Morgan fingerprint density at radius 1 is 1.25 bits per heavy atom. The number of fused-ring (bicyclic) bond motifs is 1. The molecule has 1 saturated carbocycles. The number of rotatable bonds is 5. The van der Waals surface area contributed by atoms with Crippen LogP contribution in [-0.4, -0.2) is 38.7 Å². The summed E-state index contributed by atoms with van der Waals surface area (Å²) in [5.41, 5.74) is 8.20. The van der Waals surface area contributed by atoms with Crippen LogP contribution in [0.2, 0.25) is 0 Å². The fourth-order valence-electron chi connectivity index (χ4n) is 4.43. The number of carbonyl (C=O) groups excluding carboxylic acids is 2. The topological polar surface area (TPSA) is 112 Å². The van der Waals surface area contributed by atoms with Crippen molar-refractivity contribution in [1.29, 1.82) is 0 Å². The standard InChI is InChI=1S/C21H26F3N5O3/c22-21(23,24)16-9-14(19(30)27-16)20(31)32-11-13-7-8-17-26-15(10-29(17)28-13)18(25)12-5-3-1-2-4-6-12/h7-8,10,12,14,16,18H,1-6,9,11,25H2,(H,27,30)/t14?,16-,18-/m0/s1. The zero-order chi connectivity index (χ0) is 22.9. The largest absolute Gasteiger partial charge is 0.459 e. The van der Waals surface area contributed by atoms with E-state index in [9.17, 15) is 22.8 Å². The van der Waals surface area contributed by atoms with E-state index in [2.05, 4.69) is 10.1 Å². The van der Waals surface area contributed by atoms with E-state index in [4.69, 9.17) is 10.5 Å². The number of nitrogens with two attached hydrogens (primary N) is 1. The van der Waals surface area contributed by atoms with Crippen molar-refractivity contribution >= 4 is 17.5 Å². The van der Waals surface area contributed by atoms with Gasteiger partial charge >= 0.3 is 12.1 Å². The first-order chi connectivity index (χ1) is 15.2. The van der Waals surface area contributed by atoms with Gasteiger partial charge in [-0.1, -0.05) is 25.7 Å². The van der Waals surface area contributed by atoms with Crippen LogP contribution in [0.25, 0.3) is 5.65 Å². The van der Waals surface area contributed by atoms with Gasteiger partial charge in [0.15, 0.2) is 5.65 Å². The van der Waals surface area contributed by atoms with E-state index < -0.39 is 36.4 Å². The maximum Gasteiger partial charge on any atom is 0.408 e. The van der Waals surface area contributed by atoms with E-state index >= 15 is 0 Å². The van der Waals surface area contributed by atoms with Crippen LogP contribution in [0.5, 0.6) is 0 Å². The highest BCUT2D eigenvalue weighted by Gasteiger charge is 2.50. The molecule has 32 heavy (non-hydrogen) atoms. The zero-order valence-electron chi connectivity index (χ0n) is 17.5. The van der Waals surface area contributed by atoms with Crippen LogP contribution >= 0.6 is 0 Å². The molecule has 0 spiro atoms. The van der Waals surface area contributed by atoms with Gasteiger partial charge in [0.2, 0.25) is 5.91 Å². The first-order valence-corrected chi connectivity index (χ1v) is 10.9. The smallest absolute Gasteiger partial charge is 0.408 e. The lowest BCUT2D eigenvalue weighted by molar-refractivity contribution is -0.156. The highest BCUT2D eigenvalue weighted by molar-refractivity contribution is 5.99. The molecule has 0 bridgehead atoms. The minimum Gasteiger partial charge on any atom is -0.459 e. The van der Waals surface area contributed by atoms with E-state index in [1.807, 2.05) is 0 Å². The monoisotopic (exact) mass is 453 g/mol. The molecule has 2 aliphatic rings. The molecule has 1 aliphatic carbocycles. The van der Waals surface area contributed by atoms with Crippen molar-refractivity contribution < 1.29 is 27.5 Å². The number of amides is 1. The summed E-state index contributed by atoms with van der Waals surface area (Å²) in [5, 5.41) is 6.14. The molecule has 1 unspecified atom stereocenters. The number of aromatic nitrogens is 3. The first-order valence-electron chi connectivity index (χ1n) is 10.9. The number of alkyl halides is 3. The lowest BCUT2D eigenvalue weighted by atomic mass is 9.91. The van der Waals surface area contributed by atoms with E-state index in [-0.39, 0.29) is 12.6 Å². The maximum absolute atomic E-state index is 12.8. The molecule has 1 aliphatic heterocycles. The van der Waals surface area contributed by atoms with E-state index in [0.717, 1.165) is 18.5 Å². The molecule has 2 fully saturated rings. The van der Waals surface area contributed by atoms with Crippen molar-refractivity contribution in [2.24, 2.45) is 17.6 Å². The van der Waals surface area contributed by atoms with Crippen LogP contribution in [0, 0.1) is 11.8 Å². The summed E-state index contributed by atoms with van der Waals surface area (Å²) in [4.78, 5) is 28.4. The van der Waals surface area contributed by atoms with Crippen LogP contribution in [0.3, 0.4) is 0 Å². The highest BCUT2D eigenvalue weighted by atomic mass is 19.4. The summed E-state index contributed by atoms with van der Waals surface area (Å²) in [6.45, 7) is -0.266. The summed E-state index contributed by atoms with van der Waals surface area (Å²) in [6, 6.07) is 1.10. The van der Waals surface area contributed by atoms with Crippen molar-refractivity contribution in [3.05, 3.63) is 29.7 Å². The Bertz CT molecular complexity index is 985. The molecule has 0 radical (unpaired) electrons. The second kappa shape index (κ2) is 9.05. The number of nitrogens with one attached hydrogen (secondary N) is 1. The first kappa shape index (κ1) is 22.5. The van der Waals surface area contributed by atoms with Crippen molar-refractivity contribution in [3.63, 3.8) is 0 Å². The minimum absolute atomic E-state index is 0.182.